The fraction of sp³-hybridized carbons (Fsp3) is 0.750. The van der Waals surface area contributed by atoms with E-state index in [0.29, 0.717) is 0 Å². The Bertz CT molecular complexity index is 172. The Morgan fingerprint density at radius 2 is 1.50 bits per heavy atom. The summed E-state index contributed by atoms with van der Waals surface area (Å²) in [6.45, 7) is -0.778. The first kappa shape index (κ1) is 12.1. The fourth-order valence-corrected chi connectivity index (χ4v) is 0. The highest BCUT2D eigenvalue weighted by Gasteiger charge is 1.82. The molecule has 0 aromatic heterocycles. The van der Waals surface area contributed by atoms with E-state index in [1.807, 2.05) is 0 Å². The molecule has 2 N–H and O–H groups in total. The molecule has 0 rings (SSSR count). The quantitative estimate of drug-likeness (QED) is 0.511. The summed E-state index contributed by atoms with van der Waals surface area (Å²) in [4.78, 5) is 9.12. The predicted octanol–water partition coefficient (Wildman–Crippen LogP) is -1.28. The van der Waals surface area contributed by atoms with Gasteiger partial charge in [-0.25, -0.2) is 13.2 Å². The van der Waals surface area contributed by atoms with Gasteiger partial charge in [0.25, 0.3) is 0 Å². The molecule has 0 saturated carbocycles. The van der Waals surface area contributed by atoms with Crippen LogP contribution >= 0.6 is 0 Å². The average molecular weight is 170 g/mol. The van der Waals surface area contributed by atoms with Gasteiger partial charge in [0, 0.05) is 12.5 Å². The fourth-order valence-electron chi connectivity index (χ4n) is 0. The van der Waals surface area contributed by atoms with Crippen LogP contribution in [-0.2, 0) is 14.6 Å². The number of aliphatic hydroxyl groups is 1. The number of aliphatic hydroxyl groups excluding tert-OH is 1. The van der Waals surface area contributed by atoms with Gasteiger partial charge in [-0.2, -0.15) is 0 Å². The zero-order valence-corrected chi connectivity index (χ0v) is 6.55. The smallest absolute Gasteiger partial charge is 0.329 e. The standard InChI is InChI=1S/C2H4O3.C2H6O2S/c3-1-2(4)5;1-5(2,3)4/h3H,1H2,(H,4,5);1-2H3. The molecular formula is C4H10O5S. The average Bonchev–Trinajstić information content (AvgIpc) is 1.61. The van der Waals surface area contributed by atoms with E-state index in [1.165, 1.54) is 0 Å². The molecule has 0 aliphatic rings. The summed E-state index contributed by atoms with van der Waals surface area (Å²) in [5.41, 5.74) is 0. The van der Waals surface area contributed by atoms with Crippen molar-refractivity contribution in [2.45, 2.75) is 0 Å². The van der Waals surface area contributed by atoms with Crippen LogP contribution in [0.1, 0.15) is 0 Å². The Morgan fingerprint density at radius 1 is 1.40 bits per heavy atom. The van der Waals surface area contributed by atoms with Crippen LogP contribution < -0.4 is 0 Å². The van der Waals surface area contributed by atoms with Gasteiger partial charge in [0.1, 0.15) is 16.4 Å². The first-order valence-corrected chi connectivity index (χ1v) is 4.55. The summed E-state index contributed by atoms with van der Waals surface area (Å²) in [6, 6.07) is 0. The first-order chi connectivity index (χ1) is 4.27. The van der Waals surface area contributed by atoms with E-state index in [4.69, 9.17) is 15.0 Å². The van der Waals surface area contributed by atoms with Crippen LogP contribution in [0, 0.1) is 0 Å². The number of carboxylic acids is 1. The lowest BCUT2D eigenvalue weighted by Crippen LogP contribution is -1.98. The normalized spacial score (nSPS) is 9.50. The molecule has 0 aliphatic heterocycles. The van der Waals surface area contributed by atoms with Crippen molar-refractivity contribution in [3.63, 3.8) is 0 Å². The minimum absolute atomic E-state index is 0.778. The van der Waals surface area contributed by atoms with Crippen LogP contribution in [0.25, 0.3) is 0 Å². The van der Waals surface area contributed by atoms with Gasteiger partial charge < -0.3 is 10.2 Å². The van der Waals surface area contributed by atoms with E-state index in [0.717, 1.165) is 12.5 Å². The molecule has 0 aliphatic carbocycles. The minimum Gasteiger partial charge on any atom is -0.480 e. The predicted molar refractivity (Wildman–Crippen MR) is 35.5 cm³/mol. The highest BCUT2D eigenvalue weighted by atomic mass is 32.2. The van der Waals surface area contributed by atoms with Crippen molar-refractivity contribution in [1.82, 2.24) is 0 Å². The van der Waals surface area contributed by atoms with Crippen LogP contribution in [0.4, 0.5) is 0 Å². The molecule has 0 atom stereocenters. The number of hydrogen-bond donors (Lipinski definition) is 2. The molecule has 0 amide bonds. The third kappa shape index (κ3) is 158. The van der Waals surface area contributed by atoms with Crippen molar-refractivity contribution >= 4 is 15.8 Å². The lowest BCUT2D eigenvalue weighted by atomic mass is 10.8. The third-order valence-electron chi connectivity index (χ3n) is 0.135. The van der Waals surface area contributed by atoms with Gasteiger partial charge >= 0.3 is 5.97 Å². The number of carbonyl (C=O) groups is 1. The van der Waals surface area contributed by atoms with E-state index < -0.39 is 22.4 Å². The summed E-state index contributed by atoms with van der Waals surface area (Å²) < 4.78 is 19.3. The van der Waals surface area contributed by atoms with Crippen molar-refractivity contribution in [3.8, 4) is 0 Å². The number of sulfone groups is 1. The molecule has 0 spiro atoms. The highest BCUT2D eigenvalue weighted by Crippen LogP contribution is 1.61. The van der Waals surface area contributed by atoms with Gasteiger partial charge in [-0.15, -0.1) is 0 Å². The van der Waals surface area contributed by atoms with Gasteiger partial charge in [0.05, 0.1) is 0 Å². The van der Waals surface area contributed by atoms with Crippen molar-refractivity contribution in [2.24, 2.45) is 0 Å². The number of hydrogen-bond acceptors (Lipinski definition) is 4. The molecular weight excluding hydrogens is 160 g/mol. The summed E-state index contributed by atoms with van der Waals surface area (Å²) in [7, 11) is -2.67. The molecule has 62 valence electrons. The number of aliphatic carboxylic acids is 1. The molecule has 0 unspecified atom stereocenters. The Kier molecular flexibility index (Phi) is 6.27. The Morgan fingerprint density at radius 3 is 1.50 bits per heavy atom. The van der Waals surface area contributed by atoms with Crippen molar-refractivity contribution < 1.29 is 23.4 Å². The van der Waals surface area contributed by atoms with E-state index in [9.17, 15) is 8.42 Å². The van der Waals surface area contributed by atoms with Crippen molar-refractivity contribution in [3.05, 3.63) is 0 Å². The zero-order chi connectivity index (χ0) is 8.78. The topological polar surface area (TPSA) is 91.7 Å². The minimum atomic E-state index is -2.67. The van der Waals surface area contributed by atoms with Crippen LogP contribution in [-0.4, -0.2) is 43.7 Å². The van der Waals surface area contributed by atoms with Crippen LogP contribution in [0.3, 0.4) is 0 Å². The van der Waals surface area contributed by atoms with Crippen LogP contribution in [0.15, 0.2) is 0 Å². The van der Waals surface area contributed by atoms with Crippen molar-refractivity contribution in [1.29, 1.82) is 0 Å². The molecule has 0 bridgehead atoms. The summed E-state index contributed by atoms with van der Waals surface area (Å²) in [6.07, 6.45) is 2.32. The maximum absolute atomic E-state index is 9.63. The molecule has 5 nitrogen and oxygen atoms in total. The molecule has 0 radical (unpaired) electrons. The lowest BCUT2D eigenvalue weighted by molar-refractivity contribution is -0.140. The van der Waals surface area contributed by atoms with Gasteiger partial charge in [0.2, 0.25) is 0 Å². The van der Waals surface area contributed by atoms with Gasteiger partial charge in [-0.3, -0.25) is 0 Å². The van der Waals surface area contributed by atoms with E-state index >= 15 is 0 Å². The Labute approximate surface area is 59.2 Å². The van der Waals surface area contributed by atoms with Crippen molar-refractivity contribution in [2.75, 3.05) is 19.1 Å². The van der Waals surface area contributed by atoms with Gasteiger partial charge in [-0.1, -0.05) is 0 Å². The molecule has 0 fully saturated rings. The second-order valence-electron chi connectivity index (χ2n) is 1.69. The van der Waals surface area contributed by atoms with E-state index in [2.05, 4.69) is 0 Å². The second-order valence-corrected chi connectivity index (χ2v) is 3.98. The number of rotatable bonds is 1. The lowest BCUT2D eigenvalue weighted by Gasteiger charge is -1.72. The monoisotopic (exact) mass is 170 g/mol. The molecule has 0 saturated heterocycles. The maximum atomic E-state index is 9.63. The van der Waals surface area contributed by atoms with Crippen LogP contribution in [0.5, 0.6) is 0 Å². The highest BCUT2D eigenvalue weighted by molar-refractivity contribution is 7.89. The first-order valence-electron chi connectivity index (χ1n) is 2.25. The van der Waals surface area contributed by atoms with E-state index in [-0.39, 0.29) is 0 Å². The molecule has 0 aromatic rings. The molecule has 0 heterocycles. The van der Waals surface area contributed by atoms with Gasteiger partial charge in [-0.05, 0) is 0 Å². The molecule has 10 heavy (non-hydrogen) atoms. The Hall–Kier alpha value is -0.620. The largest absolute Gasteiger partial charge is 0.480 e. The summed E-state index contributed by atoms with van der Waals surface area (Å²) in [5, 5.41) is 15.0. The van der Waals surface area contributed by atoms with E-state index in [1.54, 1.807) is 0 Å². The third-order valence-corrected chi connectivity index (χ3v) is 0.135. The maximum Gasteiger partial charge on any atom is 0.329 e. The molecule has 0 aromatic carbocycles. The van der Waals surface area contributed by atoms with Gasteiger partial charge in [0.15, 0.2) is 0 Å². The zero-order valence-electron chi connectivity index (χ0n) is 5.73. The Balaban J connectivity index is 0. The summed E-state index contributed by atoms with van der Waals surface area (Å²) in [5.74, 6) is -1.19. The molecule has 6 heteroatoms. The second kappa shape index (κ2) is 5.19. The van der Waals surface area contributed by atoms with Crippen LogP contribution in [0.2, 0.25) is 0 Å². The number of carboxylic acid groups (broad SMARTS) is 1. The SMILES string of the molecule is CS(C)(=O)=O.O=C(O)CO. The summed E-state index contributed by atoms with van der Waals surface area (Å²) >= 11 is 0.